The van der Waals surface area contributed by atoms with Crippen LogP contribution in [-0.2, 0) is 6.54 Å². The molecule has 8 heteroatoms. The van der Waals surface area contributed by atoms with Crippen LogP contribution in [0.4, 0.5) is 5.69 Å². The smallest absolute Gasteiger partial charge is 0.258 e. The van der Waals surface area contributed by atoms with E-state index in [4.69, 9.17) is 23.2 Å². The number of likely N-dealkylation sites (tertiary alicyclic amines) is 1. The number of benzene rings is 1. The fourth-order valence-corrected chi connectivity index (χ4v) is 4.25. The third kappa shape index (κ3) is 4.39. The van der Waals surface area contributed by atoms with Crippen molar-refractivity contribution in [1.82, 2.24) is 19.7 Å². The van der Waals surface area contributed by atoms with Gasteiger partial charge in [0.1, 0.15) is 0 Å². The maximum atomic E-state index is 12.7. The van der Waals surface area contributed by atoms with Crippen molar-refractivity contribution in [3.05, 3.63) is 51.8 Å². The van der Waals surface area contributed by atoms with Crippen molar-refractivity contribution in [3.8, 4) is 0 Å². The van der Waals surface area contributed by atoms with Gasteiger partial charge in [0.05, 0.1) is 21.7 Å². The lowest BCUT2D eigenvalue weighted by atomic mass is 10.2. The maximum absolute atomic E-state index is 12.7. The predicted molar refractivity (Wildman–Crippen MR) is 117 cm³/mol. The van der Waals surface area contributed by atoms with E-state index in [1.54, 1.807) is 24.3 Å². The number of hydrogen-bond donors (Lipinski definition) is 1. The number of rotatable bonds is 6. The first kappa shape index (κ1) is 20.1. The van der Waals surface area contributed by atoms with Crippen LogP contribution in [0.3, 0.4) is 0 Å². The molecule has 152 valence electrons. The van der Waals surface area contributed by atoms with Crippen molar-refractivity contribution in [2.45, 2.75) is 32.7 Å². The molecule has 4 rings (SSSR count). The van der Waals surface area contributed by atoms with Gasteiger partial charge in [0.25, 0.3) is 5.91 Å². The van der Waals surface area contributed by atoms with Crippen LogP contribution in [0.2, 0.25) is 10.0 Å². The Labute approximate surface area is 179 Å². The fourth-order valence-electron chi connectivity index (χ4n) is 3.77. The number of anilines is 1. The molecular formula is C21H23Cl2N5O. The third-order valence-corrected chi connectivity index (χ3v) is 5.91. The first-order valence-corrected chi connectivity index (χ1v) is 10.6. The monoisotopic (exact) mass is 431 g/mol. The van der Waals surface area contributed by atoms with Crippen molar-refractivity contribution >= 4 is 45.8 Å². The molecule has 0 aliphatic carbocycles. The van der Waals surface area contributed by atoms with E-state index in [2.05, 4.69) is 20.3 Å². The average molecular weight is 432 g/mol. The first-order valence-electron chi connectivity index (χ1n) is 9.84. The molecule has 1 amide bonds. The molecule has 0 saturated carbocycles. The highest BCUT2D eigenvalue weighted by molar-refractivity contribution is 6.39. The average Bonchev–Trinajstić information content (AvgIpc) is 3.32. The second-order valence-electron chi connectivity index (χ2n) is 7.36. The van der Waals surface area contributed by atoms with E-state index >= 15 is 0 Å². The quantitative estimate of drug-likeness (QED) is 0.609. The Kier molecular flexibility index (Phi) is 6.04. The Morgan fingerprint density at radius 2 is 1.86 bits per heavy atom. The highest BCUT2D eigenvalue weighted by Crippen LogP contribution is 2.29. The van der Waals surface area contributed by atoms with E-state index in [1.807, 2.05) is 11.6 Å². The number of amides is 1. The van der Waals surface area contributed by atoms with Crippen molar-refractivity contribution < 1.29 is 4.79 Å². The standard InChI is InChI=1S/C21H23Cl2N5O/c1-14-18-19(23)17(21(29)25-16-7-5-15(22)6-8-16)13-24-20(18)28(26-14)12-4-11-27-9-2-3-10-27/h5-8,13H,2-4,9-12H2,1H3,(H,25,29). The molecule has 29 heavy (non-hydrogen) atoms. The van der Waals surface area contributed by atoms with Gasteiger partial charge in [-0.25, -0.2) is 9.67 Å². The van der Waals surface area contributed by atoms with Crippen LogP contribution in [0.5, 0.6) is 0 Å². The van der Waals surface area contributed by atoms with E-state index in [-0.39, 0.29) is 5.91 Å². The van der Waals surface area contributed by atoms with Gasteiger partial charge in [-0.1, -0.05) is 23.2 Å². The summed E-state index contributed by atoms with van der Waals surface area (Å²) in [6, 6.07) is 6.92. The number of aryl methyl sites for hydroxylation is 2. The molecule has 1 saturated heterocycles. The molecule has 3 aromatic rings. The number of nitrogens with zero attached hydrogens (tertiary/aromatic N) is 4. The molecule has 1 aliphatic heterocycles. The molecule has 0 unspecified atom stereocenters. The van der Waals surface area contributed by atoms with Crippen LogP contribution >= 0.6 is 23.2 Å². The van der Waals surface area contributed by atoms with Gasteiger partial charge in [-0.05, 0) is 70.1 Å². The summed E-state index contributed by atoms with van der Waals surface area (Å²) in [6.07, 6.45) is 5.12. The molecule has 1 aliphatic rings. The Bertz CT molecular complexity index is 1030. The summed E-state index contributed by atoms with van der Waals surface area (Å²) in [5.74, 6) is -0.312. The van der Waals surface area contributed by atoms with Gasteiger partial charge >= 0.3 is 0 Å². The van der Waals surface area contributed by atoms with Crippen LogP contribution in [0, 0.1) is 6.92 Å². The van der Waals surface area contributed by atoms with Gasteiger partial charge in [0, 0.05) is 23.5 Å². The molecule has 1 N–H and O–H groups in total. The summed E-state index contributed by atoms with van der Waals surface area (Å²) in [5.41, 5.74) is 2.47. The zero-order chi connectivity index (χ0) is 20.4. The number of nitrogens with one attached hydrogen (secondary N) is 1. The summed E-state index contributed by atoms with van der Waals surface area (Å²) in [5, 5.41) is 9.16. The fraction of sp³-hybridized carbons (Fsp3) is 0.381. The van der Waals surface area contributed by atoms with E-state index in [0.29, 0.717) is 21.3 Å². The van der Waals surface area contributed by atoms with E-state index in [9.17, 15) is 4.79 Å². The minimum absolute atomic E-state index is 0.312. The van der Waals surface area contributed by atoms with Crippen molar-refractivity contribution in [3.63, 3.8) is 0 Å². The zero-order valence-electron chi connectivity index (χ0n) is 16.3. The lowest BCUT2D eigenvalue weighted by Gasteiger charge is -2.14. The zero-order valence-corrected chi connectivity index (χ0v) is 17.8. The molecule has 0 bridgehead atoms. The van der Waals surface area contributed by atoms with Gasteiger partial charge in [0.15, 0.2) is 5.65 Å². The number of halogens is 2. The van der Waals surface area contributed by atoms with Crippen LogP contribution in [0.1, 0.15) is 35.3 Å². The topological polar surface area (TPSA) is 63.1 Å². The van der Waals surface area contributed by atoms with E-state index < -0.39 is 0 Å². The second-order valence-corrected chi connectivity index (χ2v) is 8.17. The molecule has 2 aromatic heterocycles. The van der Waals surface area contributed by atoms with Crippen LogP contribution in [-0.4, -0.2) is 45.2 Å². The van der Waals surface area contributed by atoms with Crippen molar-refractivity contribution in [1.29, 1.82) is 0 Å². The van der Waals surface area contributed by atoms with E-state index in [0.717, 1.165) is 36.2 Å². The molecule has 1 aromatic carbocycles. The molecular weight excluding hydrogens is 409 g/mol. The third-order valence-electron chi connectivity index (χ3n) is 5.26. The van der Waals surface area contributed by atoms with Gasteiger partial charge < -0.3 is 10.2 Å². The van der Waals surface area contributed by atoms with Crippen molar-refractivity contribution in [2.75, 3.05) is 25.0 Å². The Balaban J connectivity index is 1.52. The van der Waals surface area contributed by atoms with Crippen LogP contribution in [0.15, 0.2) is 30.5 Å². The largest absolute Gasteiger partial charge is 0.322 e. The summed E-state index contributed by atoms with van der Waals surface area (Å²) in [4.78, 5) is 19.7. The number of pyridine rings is 1. The minimum Gasteiger partial charge on any atom is -0.322 e. The van der Waals surface area contributed by atoms with E-state index in [1.165, 1.54) is 32.1 Å². The molecule has 3 heterocycles. The normalized spacial score (nSPS) is 14.6. The number of aromatic nitrogens is 3. The maximum Gasteiger partial charge on any atom is 0.258 e. The molecule has 0 radical (unpaired) electrons. The minimum atomic E-state index is -0.312. The van der Waals surface area contributed by atoms with Crippen LogP contribution < -0.4 is 5.32 Å². The second kappa shape index (κ2) is 8.69. The van der Waals surface area contributed by atoms with Gasteiger partial charge in [-0.3, -0.25) is 4.79 Å². The summed E-state index contributed by atoms with van der Waals surface area (Å²) >= 11 is 12.5. The Morgan fingerprint density at radius 3 is 2.59 bits per heavy atom. The lowest BCUT2D eigenvalue weighted by molar-refractivity contribution is 0.102. The lowest BCUT2D eigenvalue weighted by Crippen LogP contribution is -2.21. The van der Waals surface area contributed by atoms with Gasteiger partial charge in [-0.15, -0.1) is 0 Å². The number of carbonyl (C=O) groups is 1. The SMILES string of the molecule is Cc1nn(CCCN2CCCC2)c2ncc(C(=O)Nc3ccc(Cl)cc3)c(Cl)c12. The number of hydrogen-bond acceptors (Lipinski definition) is 4. The molecule has 6 nitrogen and oxygen atoms in total. The number of fused-ring (bicyclic) bond motifs is 1. The van der Waals surface area contributed by atoms with Crippen LogP contribution in [0.25, 0.3) is 11.0 Å². The Hall–Kier alpha value is -2.15. The summed E-state index contributed by atoms with van der Waals surface area (Å²) < 4.78 is 1.90. The first-order chi connectivity index (χ1) is 14.0. The number of carbonyl (C=O) groups excluding carboxylic acids is 1. The van der Waals surface area contributed by atoms with Gasteiger partial charge in [0.2, 0.25) is 0 Å². The molecule has 1 fully saturated rings. The highest BCUT2D eigenvalue weighted by Gasteiger charge is 2.20. The summed E-state index contributed by atoms with van der Waals surface area (Å²) in [7, 11) is 0. The van der Waals surface area contributed by atoms with Crippen molar-refractivity contribution in [2.24, 2.45) is 0 Å². The highest BCUT2D eigenvalue weighted by atomic mass is 35.5. The van der Waals surface area contributed by atoms with Gasteiger partial charge in [-0.2, -0.15) is 5.10 Å². The Morgan fingerprint density at radius 1 is 1.14 bits per heavy atom. The molecule has 0 spiro atoms. The molecule has 0 atom stereocenters. The predicted octanol–water partition coefficient (Wildman–Crippen LogP) is 4.78. The summed E-state index contributed by atoms with van der Waals surface area (Å²) in [6.45, 7) is 6.12.